The van der Waals surface area contributed by atoms with Gasteiger partial charge in [-0.1, -0.05) is 36.7 Å². The second-order valence-electron chi connectivity index (χ2n) is 6.81. The number of halogens is 4. The number of hydrogen-bond donors (Lipinski definition) is 0. The van der Waals surface area contributed by atoms with Crippen molar-refractivity contribution in [2.45, 2.75) is 33.0 Å². The molecule has 0 N–H and O–H groups in total. The van der Waals surface area contributed by atoms with Gasteiger partial charge in [0.05, 0.1) is 23.5 Å². The highest BCUT2D eigenvalue weighted by Crippen LogP contribution is 2.36. The van der Waals surface area contributed by atoms with Crippen molar-refractivity contribution in [1.82, 2.24) is 4.57 Å². The van der Waals surface area contributed by atoms with E-state index in [0.29, 0.717) is 34.1 Å². The molecule has 1 aliphatic heterocycles. The Balaban J connectivity index is 2.03. The number of aliphatic imine (C=N–C) groups is 1. The molecule has 0 radical (unpaired) electrons. The lowest BCUT2D eigenvalue weighted by molar-refractivity contribution is -0.137. The number of hydrogen-bond acceptors (Lipinski definition) is 1. The van der Waals surface area contributed by atoms with Crippen molar-refractivity contribution in [2.24, 2.45) is 4.99 Å². The molecule has 0 spiro atoms. The number of fused-ring (bicyclic) bond motifs is 3. The van der Waals surface area contributed by atoms with Gasteiger partial charge in [0.2, 0.25) is 0 Å². The summed E-state index contributed by atoms with van der Waals surface area (Å²) < 4.78 is 42.3. The second kappa shape index (κ2) is 6.82. The maximum Gasteiger partial charge on any atom is 0.416 e. The Kier molecular flexibility index (Phi) is 4.58. The van der Waals surface area contributed by atoms with E-state index in [4.69, 9.17) is 16.6 Å². The highest BCUT2D eigenvalue weighted by molar-refractivity contribution is 6.35. The van der Waals surface area contributed by atoms with Crippen LogP contribution in [0, 0.1) is 6.92 Å². The van der Waals surface area contributed by atoms with Gasteiger partial charge in [0.15, 0.2) is 0 Å². The topological polar surface area (TPSA) is 17.3 Å². The van der Waals surface area contributed by atoms with Crippen LogP contribution in [0.3, 0.4) is 0 Å². The molecule has 0 fully saturated rings. The Morgan fingerprint density at radius 2 is 1.82 bits per heavy atom. The normalized spacial score (nSPS) is 13.6. The van der Waals surface area contributed by atoms with Gasteiger partial charge in [-0.15, -0.1) is 0 Å². The van der Waals surface area contributed by atoms with E-state index in [1.165, 1.54) is 12.1 Å². The Labute approximate surface area is 166 Å². The van der Waals surface area contributed by atoms with Crippen molar-refractivity contribution in [3.63, 3.8) is 0 Å². The predicted octanol–water partition coefficient (Wildman–Crippen LogP) is 6.37. The third kappa shape index (κ3) is 3.04. The summed E-state index contributed by atoms with van der Waals surface area (Å²) in [5.41, 5.74) is 4.68. The molecule has 2 aromatic carbocycles. The van der Waals surface area contributed by atoms with Gasteiger partial charge in [-0.2, -0.15) is 13.2 Å². The first-order chi connectivity index (χ1) is 13.3. The first-order valence-electron chi connectivity index (χ1n) is 9.02. The monoisotopic (exact) mass is 402 g/mol. The molecule has 0 saturated heterocycles. The van der Waals surface area contributed by atoms with E-state index in [1.54, 1.807) is 18.2 Å². The molecule has 2 nitrogen and oxygen atoms in total. The summed E-state index contributed by atoms with van der Waals surface area (Å²) in [6.07, 6.45) is -3.58. The van der Waals surface area contributed by atoms with Gasteiger partial charge in [0.1, 0.15) is 0 Å². The summed E-state index contributed by atoms with van der Waals surface area (Å²) in [6.45, 7) is 4.43. The van der Waals surface area contributed by atoms with Crippen LogP contribution >= 0.6 is 11.6 Å². The van der Waals surface area contributed by atoms with E-state index in [1.807, 2.05) is 17.6 Å². The molecule has 0 amide bonds. The Morgan fingerprint density at radius 1 is 1.07 bits per heavy atom. The zero-order valence-corrected chi connectivity index (χ0v) is 16.2. The smallest absolute Gasteiger partial charge is 0.315 e. The highest BCUT2D eigenvalue weighted by atomic mass is 35.5. The van der Waals surface area contributed by atoms with E-state index >= 15 is 0 Å². The molecule has 0 unspecified atom stereocenters. The van der Waals surface area contributed by atoms with Crippen molar-refractivity contribution < 1.29 is 13.2 Å². The first kappa shape index (κ1) is 18.8. The van der Waals surface area contributed by atoms with Crippen LogP contribution in [0.25, 0.3) is 5.69 Å². The molecule has 3 aromatic rings. The van der Waals surface area contributed by atoms with E-state index in [9.17, 15) is 13.2 Å². The summed E-state index contributed by atoms with van der Waals surface area (Å²) in [5.74, 6) is 0. The maximum absolute atomic E-state index is 13.4. The largest absolute Gasteiger partial charge is 0.416 e. The predicted molar refractivity (Wildman–Crippen MR) is 106 cm³/mol. The van der Waals surface area contributed by atoms with E-state index < -0.39 is 11.7 Å². The van der Waals surface area contributed by atoms with Gasteiger partial charge in [0, 0.05) is 27.5 Å². The molecule has 0 aliphatic carbocycles. The number of aromatic nitrogens is 1. The van der Waals surface area contributed by atoms with E-state index in [-0.39, 0.29) is 0 Å². The first-order valence-corrected chi connectivity index (χ1v) is 9.40. The van der Waals surface area contributed by atoms with E-state index in [2.05, 4.69) is 13.0 Å². The van der Waals surface area contributed by atoms with Gasteiger partial charge in [-0.25, -0.2) is 0 Å². The number of aryl methyl sites for hydroxylation is 1. The summed E-state index contributed by atoms with van der Waals surface area (Å²) in [6, 6.07) is 13.0. The Morgan fingerprint density at radius 3 is 2.50 bits per heavy atom. The maximum atomic E-state index is 13.4. The number of nitrogens with zero attached hydrogens (tertiary/aromatic N) is 2. The molecule has 1 aliphatic rings. The molecule has 144 valence electrons. The fraction of sp³-hybridized carbons (Fsp3) is 0.227. The number of benzene rings is 2. The summed E-state index contributed by atoms with van der Waals surface area (Å²) in [4.78, 5) is 4.69. The van der Waals surface area contributed by atoms with Crippen LogP contribution in [-0.4, -0.2) is 10.3 Å². The third-order valence-electron chi connectivity index (χ3n) is 5.16. The van der Waals surface area contributed by atoms with Crippen molar-refractivity contribution in [3.05, 3.63) is 87.2 Å². The Hall–Kier alpha value is -2.53. The fourth-order valence-corrected chi connectivity index (χ4v) is 3.99. The lowest BCUT2D eigenvalue weighted by Gasteiger charge is -2.17. The standard InChI is InChI=1S/C22H18ClF3N2/c1-3-14-10-16-12-27-21(17-6-4-5-7-19(17)23)18-11-15(22(24,25)26)8-9-20(18)28(16)13(14)2/h4-11H,3,12H2,1-2H3. The van der Waals surface area contributed by atoms with Crippen LogP contribution in [0.15, 0.2) is 53.5 Å². The van der Waals surface area contributed by atoms with Gasteiger partial charge < -0.3 is 4.57 Å². The molecule has 4 rings (SSSR count). The SMILES string of the molecule is CCc1cc2n(c1C)-c1ccc(C(F)(F)F)cc1C(c1ccccc1Cl)=NC2. The zero-order chi connectivity index (χ0) is 20.1. The zero-order valence-electron chi connectivity index (χ0n) is 15.4. The second-order valence-corrected chi connectivity index (χ2v) is 7.22. The van der Waals surface area contributed by atoms with Crippen molar-refractivity contribution in [1.29, 1.82) is 0 Å². The minimum absolute atomic E-state index is 0.372. The van der Waals surface area contributed by atoms with Crippen LogP contribution in [0.4, 0.5) is 13.2 Å². The molecule has 28 heavy (non-hydrogen) atoms. The number of rotatable bonds is 2. The minimum Gasteiger partial charge on any atom is -0.315 e. The van der Waals surface area contributed by atoms with Crippen LogP contribution in [0.5, 0.6) is 0 Å². The molecular formula is C22H18ClF3N2. The quantitative estimate of drug-likeness (QED) is 0.473. The Bertz CT molecular complexity index is 1090. The van der Waals surface area contributed by atoms with Gasteiger partial charge in [-0.3, -0.25) is 4.99 Å². The number of alkyl halides is 3. The third-order valence-corrected chi connectivity index (χ3v) is 5.49. The van der Waals surface area contributed by atoms with Crippen LogP contribution in [0.1, 0.15) is 40.6 Å². The average molecular weight is 403 g/mol. The molecular weight excluding hydrogens is 385 g/mol. The van der Waals surface area contributed by atoms with Crippen LogP contribution < -0.4 is 0 Å². The van der Waals surface area contributed by atoms with Gasteiger partial charge >= 0.3 is 6.18 Å². The molecule has 0 saturated carbocycles. The molecule has 1 aromatic heterocycles. The lowest BCUT2D eigenvalue weighted by atomic mass is 9.98. The summed E-state index contributed by atoms with van der Waals surface area (Å²) in [5, 5.41) is 0.460. The minimum atomic E-state index is -4.43. The fourth-order valence-electron chi connectivity index (χ4n) is 3.76. The van der Waals surface area contributed by atoms with Crippen LogP contribution in [-0.2, 0) is 19.1 Å². The van der Waals surface area contributed by atoms with E-state index in [0.717, 1.165) is 29.4 Å². The molecule has 0 atom stereocenters. The van der Waals surface area contributed by atoms with Crippen molar-refractivity contribution >= 4 is 17.3 Å². The average Bonchev–Trinajstić information content (AvgIpc) is 2.88. The lowest BCUT2D eigenvalue weighted by Crippen LogP contribution is -2.12. The molecule has 2 heterocycles. The summed E-state index contributed by atoms with van der Waals surface area (Å²) in [7, 11) is 0. The van der Waals surface area contributed by atoms with Crippen molar-refractivity contribution in [3.8, 4) is 5.69 Å². The summed E-state index contributed by atoms with van der Waals surface area (Å²) >= 11 is 6.36. The molecule has 6 heteroatoms. The van der Waals surface area contributed by atoms with Crippen LogP contribution in [0.2, 0.25) is 5.02 Å². The van der Waals surface area contributed by atoms with Crippen molar-refractivity contribution in [2.75, 3.05) is 0 Å². The van der Waals surface area contributed by atoms with Gasteiger partial charge in [0.25, 0.3) is 0 Å². The molecule has 0 bridgehead atoms. The highest BCUT2D eigenvalue weighted by Gasteiger charge is 2.33. The van der Waals surface area contributed by atoms with Gasteiger partial charge in [-0.05, 0) is 49.2 Å².